The summed E-state index contributed by atoms with van der Waals surface area (Å²) in [5, 5.41) is 14.4. The van der Waals surface area contributed by atoms with E-state index in [-0.39, 0.29) is 17.9 Å². The van der Waals surface area contributed by atoms with Gasteiger partial charge < -0.3 is 20.5 Å². The van der Waals surface area contributed by atoms with Gasteiger partial charge in [0.25, 0.3) is 0 Å². The molecule has 2 atom stereocenters. The molecule has 2 aromatic carbocycles. The molecule has 3 rings (SSSR count). The summed E-state index contributed by atoms with van der Waals surface area (Å²) in [7, 11) is 0. The first-order valence-electron chi connectivity index (χ1n) is 11.2. The Labute approximate surface area is 194 Å². The molecular formula is C26H32N2O5. The van der Waals surface area contributed by atoms with Gasteiger partial charge >= 0.3 is 12.1 Å². The van der Waals surface area contributed by atoms with Crippen molar-refractivity contribution in [3.05, 3.63) is 59.7 Å². The fraction of sp³-hybridized carbons (Fsp3) is 0.423. The summed E-state index contributed by atoms with van der Waals surface area (Å²) >= 11 is 0. The van der Waals surface area contributed by atoms with Crippen LogP contribution in [0, 0.1) is 5.41 Å². The third-order valence-electron chi connectivity index (χ3n) is 5.87. The maximum Gasteiger partial charge on any atom is 0.407 e. The molecule has 1 aliphatic rings. The van der Waals surface area contributed by atoms with Crippen molar-refractivity contribution in [3.8, 4) is 11.1 Å². The number of ether oxygens (including phenoxy) is 1. The molecule has 1 unspecified atom stereocenters. The third kappa shape index (κ3) is 6.12. The highest BCUT2D eigenvalue weighted by Crippen LogP contribution is 2.44. The van der Waals surface area contributed by atoms with E-state index in [9.17, 15) is 19.5 Å². The van der Waals surface area contributed by atoms with Gasteiger partial charge in [-0.3, -0.25) is 4.79 Å². The van der Waals surface area contributed by atoms with Crippen LogP contribution in [-0.2, 0) is 14.3 Å². The smallest absolute Gasteiger partial charge is 0.407 e. The number of alkyl carbamates (subject to hydrolysis) is 1. The minimum Gasteiger partial charge on any atom is -0.480 e. The highest BCUT2D eigenvalue weighted by Gasteiger charge is 2.30. The van der Waals surface area contributed by atoms with Crippen LogP contribution in [-0.4, -0.2) is 41.8 Å². The first kappa shape index (κ1) is 24.3. The Morgan fingerprint density at radius 1 is 0.970 bits per heavy atom. The monoisotopic (exact) mass is 452 g/mol. The van der Waals surface area contributed by atoms with Crippen LogP contribution in [0.1, 0.15) is 57.6 Å². The Kier molecular flexibility index (Phi) is 7.41. The van der Waals surface area contributed by atoms with E-state index in [0.717, 1.165) is 22.3 Å². The van der Waals surface area contributed by atoms with Crippen LogP contribution in [0.3, 0.4) is 0 Å². The average Bonchev–Trinajstić information content (AvgIpc) is 3.08. The number of carbonyl (C=O) groups is 3. The highest BCUT2D eigenvalue weighted by atomic mass is 16.5. The van der Waals surface area contributed by atoms with Crippen molar-refractivity contribution < 1.29 is 24.2 Å². The van der Waals surface area contributed by atoms with E-state index in [1.165, 1.54) is 6.92 Å². The van der Waals surface area contributed by atoms with Gasteiger partial charge in [0.1, 0.15) is 18.7 Å². The molecule has 176 valence electrons. The molecule has 7 nitrogen and oxygen atoms in total. The summed E-state index contributed by atoms with van der Waals surface area (Å²) in [5.74, 6) is -1.74. The van der Waals surface area contributed by atoms with Crippen molar-refractivity contribution in [2.45, 2.75) is 58.5 Å². The minimum absolute atomic E-state index is 0.0520. The topological polar surface area (TPSA) is 105 Å². The van der Waals surface area contributed by atoms with Gasteiger partial charge in [0, 0.05) is 5.92 Å². The van der Waals surface area contributed by atoms with Crippen molar-refractivity contribution in [3.63, 3.8) is 0 Å². The van der Waals surface area contributed by atoms with Crippen LogP contribution in [0.15, 0.2) is 48.5 Å². The zero-order chi connectivity index (χ0) is 24.2. The lowest BCUT2D eigenvalue weighted by atomic mass is 9.88. The summed E-state index contributed by atoms with van der Waals surface area (Å²) in [5.41, 5.74) is 4.40. The molecule has 0 spiro atoms. The van der Waals surface area contributed by atoms with Crippen LogP contribution in [0.25, 0.3) is 11.1 Å². The number of rotatable bonds is 8. The Hall–Kier alpha value is -3.35. The van der Waals surface area contributed by atoms with Crippen LogP contribution < -0.4 is 10.6 Å². The zero-order valence-corrected chi connectivity index (χ0v) is 19.6. The van der Waals surface area contributed by atoms with E-state index in [4.69, 9.17) is 4.74 Å². The summed E-state index contributed by atoms with van der Waals surface area (Å²) in [4.78, 5) is 36.4. The highest BCUT2D eigenvalue weighted by molar-refractivity contribution is 5.89. The van der Waals surface area contributed by atoms with E-state index in [2.05, 4.69) is 22.8 Å². The summed E-state index contributed by atoms with van der Waals surface area (Å²) in [6, 6.07) is 14.1. The number of carbonyl (C=O) groups excluding carboxylic acids is 2. The number of benzene rings is 2. The predicted molar refractivity (Wildman–Crippen MR) is 126 cm³/mol. The SMILES string of the molecule is C[C@@H](NC(=O)OCC1c2ccccc2-c2ccccc21)C(=O)NC(CCC(C)(C)C)C(=O)O. The molecule has 2 amide bonds. The first-order chi connectivity index (χ1) is 15.6. The second-order valence-electron chi connectivity index (χ2n) is 9.69. The summed E-state index contributed by atoms with van der Waals surface area (Å²) in [6.45, 7) is 7.66. The number of carboxylic acids is 1. The van der Waals surface area contributed by atoms with Gasteiger partial charge in [-0.2, -0.15) is 0 Å². The van der Waals surface area contributed by atoms with Crippen molar-refractivity contribution in [1.82, 2.24) is 10.6 Å². The fourth-order valence-corrected chi connectivity index (χ4v) is 4.01. The predicted octanol–water partition coefficient (Wildman–Crippen LogP) is 4.31. The summed E-state index contributed by atoms with van der Waals surface area (Å²) in [6.07, 6.45) is 0.224. The molecule has 33 heavy (non-hydrogen) atoms. The van der Waals surface area contributed by atoms with E-state index in [0.29, 0.717) is 12.8 Å². The molecule has 0 aromatic heterocycles. The van der Waals surface area contributed by atoms with Crippen LogP contribution in [0.4, 0.5) is 4.79 Å². The van der Waals surface area contributed by atoms with Crippen molar-refractivity contribution in [2.75, 3.05) is 6.61 Å². The van der Waals surface area contributed by atoms with Gasteiger partial charge in [-0.1, -0.05) is 69.3 Å². The maximum absolute atomic E-state index is 12.5. The molecular weight excluding hydrogens is 420 g/mol. The van der Waals surface area contributed by atoms with Crippen LogP contribution in [0.5, 0.6) is 0 Å². The summed E-state index contributed by atoms with van der Waals surface area (Å²) < 4.78 is 5.46. The van der Waals surface area contributed by atoms with Gasteiger partial charge in [-0.05, 0) is 47.4 Å². The minimum atomic E-state index is -1.10. The van der Waals surface area contributed by atoms with Crippen LogP contribution >= 0.6 is 0 Å². The number of carboxylic acid groups (broad SMARTS) is 1. The third-order valence-corrected chi connectivity index (χ3v) is 5.87. The Morgan fingerprint density at radius 3 is 2.03 bits per heavy atom. The van der Waals surface area contributed by atoms with E-state index >= 15 is 0 Å². The van der Waals surface area contributed by atoms with Gasteiger partial charge in [-0.25, -0.2) is 9.59 Å². The largest absolute Gasteiger partial charge is 0.480 e. The Balaban J connectivity index is 1.55. The van der Waals surface area contributed by atoms with Crippen LogP contribution in [0.2, 0.25) is 0 Å². The van der Waals surface area contributed by atoms with Gasteiger partial charge in [0.2, 0.25) is 5.91 Å². The van der Waals surface area contributed by atoms with Crippen molar-refractivity contribution in [1.29, 1.82) is 0 Å². The molecule has 0 aliphatic heterocycles. The second-order valence-corrected chi connectivity index (χ2v) is 9.69. The Bertz CT molecular complexity index is 982. The van der Waals surface area contributed by atoms with Gasteiger partial charge in [-0.15, -0.1) is 0 Å². The Morgan fingerprint density at radius 2 is 1.52 bits per heavy atom. The van der Waals surface area contributed by atoms with Crippen molar-refractivity contribution >= 4 is 18.0 Å². The van der Waals surface area contributed by atoms with E-state index in [1.54, 1.807) is 0 Å². The lowest BCUT2D eigenvalue weighted by Crippen LogP contribution is -2.50. The normalized spacial score (nSPS) is 14.5. The number of amides is 2. The number of hydrogen-bond donors (Lipinski definition) is 3. The number of nitrogens with one attached hydrogen (secondary N) is 2. The van der Waals surface area contributed by atoms with Crippen molar-refractivity contribution in [2.24, 2.45) is 5.41 Å². The molecule has 0 bridgehead atoms. The molecule has 0 fully saturated rings. The standard InChI is InChI=1S/C26H32N2O5/c1-16(23(29)28-22(24(30)31)13-14-26(2,3)4)27-25(32)33-15-21-19-11-7-5-9-17(19)18-10-6-8-12-20(18)21/h5-12,16,21-22H,13-15H2,1-4H3,(H,27,32)(H,28,29)(H,30,31)/t16-,22?/m1/s1. The average molecular weight is 453 g/mol. The molecule has 0 saturated carbocycles. The quantitative estimate of drug-likeness (QED) is 0.554. The lowest BCUT2D eigenvalue weighted by Gasteiger charge is -2.23. The molecule has 3 N–H and O–H groups in total. The van der Waals surface area contributed by atoms with Gasteiger partial charge in [0.05, 0.1) is 0 Å². The second kappa shape index (κ2) is 10.1. The first-order valence-corrected chi connectivity index (χ1v) is 11.2. The molecule has 0 radical (unpaired) electrons. The maximum atomic E-state index is 12.5. The number of aliphatic carboxylic acids is 1. The fourth-order valence-electron chi connectivity index (χ4n) is 4.01. The van der Waals surface area contributed by atoms with E-state index < -0.39 is 30.1 Å². The molecule has 2 aromatic rings. The lowest BCUT2D eigenvalue weighted by molar-refractivity contribution is -0.142. The van der Waals surface area contributed by atoms with E-state index in [1.807, 2.05) is 57.2 Å². The molecule has 1 aliphatic carbocycles. The van der Waals surface area contributed by atoms with Gasteiger partial charge in [0.15, 0.2) is 0 Å². The number of fused-ring (bicyclic) bond motifs is 3. The zero-order valence-electron chi connectivity index (χ0n) is 19.6. The molecule has 7 heteroatoms. The molecule has 0 saturated heterocycles. The molecule has 0 heterocycles. The number of hydrogen-bond acceptors (Lipinski definition) is 4.